The summed E-state index contributed by atoms with van der Waals surface area (Å²) in [6, 6.07) is 12.8. The molecule has 1 atom stereocenters. The van der Waals surface area contributed by atoms with Gasteiger partial charge in [0.15, 0.2) is 17.4 Å². The Morgan fingerprint density at radius 1 is 1.04 bits per heavy atom. The molecule has 5 rings (SSSR count). The van der Waals surface area contributed by atoms with Crippen molar-refractivity contribution >= 4 is 0 Å². The minimum atomic E-state index is 0.295. The zero-order valence-corrected chi connectivity index (χ0v) is 13.4. The quantitative estimate of drug-likeness (QED) is 0.742. The average Bonchev–Trinajstić information content (AvgIpc) is 3.40. The lowest BCUT2D eigenvalue weighted by Crippen LogP contribution is -2.13. The highest BCUT2D eigenvalue weighted by atomic mass is 16.5. The minimum absolute atomic E-state index is 0.295. The van der Waals surface area contributed by atoms with Crippen LogP contribution in [-0.4, -0.2) is 28.0 Å². The van der Waals surface area contributed by atoms with Crippen molar-refractivity contribution < 1.29 is 9.15 Å². The first-order valence-corrected chi connectivity index (χ1v) is 8.53. The maximum Gasteiger partial charge on any atom is 0.194 e. The molecule has 0 unspecified atom stereocenters. The number of hydrogen-bond acceptors (Lipinski definition) is 4. The Morgan fingerprint density at radius 2 is 1.88 bits per heavy atom. The molecule has 3 aromatic rings. The normalized spacial score (nSPS) is 20.6. The number of ether oxygens (including phenoxy) is 1. The van der Waals surface area contributed by atoms with Crippen molar-refractivity contribution in [3.63, 3.8) is 0 Å². The number of fused-ring (bicyclic) bond motifs is 1. The van der Waals surface area contributed by atoms with Gasteiger partial charge in [0.05, 0.1) is 18.9 Å². The van der Waals surface area contributed by atoms with Crippen molar-refractivity contribution in [3.05, 3.63) is 59.6 Å². The number of hydrogen-bond donors (Lipinski definition) is 0. The molecule has 1 aromatic carbocycles. The van der Waals surface area contributed by atoms with Gasteiger partial charge < -0.3 is 9.15 Å². The number of benzene rings is 1. The maximum atomic E-state index is 5.62. The first kappa shape index (κ1) is 14.0. The highest BCUT2D eigenvalue weighted by Gasteiger charge is 2.30. The van der Waals surface area contributed by atoms with Gasteiger partial charge in [0.25, 0.3) is 0 Å². The highest BCUT2D eigenvalue weighted by Crippen LogP contribution is 2.34. The Hall–Kier alpha value is -2.40. The number of furan rings is 1. The van der Waals surface area contributed by atoms with E-state index in [-0.39, 0.29) is 0 Å². The van der Waals surface area contributed by atoms with Gasteiger partial charge in [-0.2, -0.15) is 5.10 Å². The fourth-order valence-electron chi connectivity index (χ4n) is 3.79. The molecule has 5 heteroatoms. The Kier molecular flexibility index (Phi) is 3.26. The molecule has 24 heavy (non-hydrogen) atoms. The molecule has 0 N–H and O–H groups in total. The first-order valence-electron chi connectivity index (χ1n) is 8.53. The van der Waals surface area contributed by atoms with Crippen LogP contribution in [0.2, 0.25) is 0 Å². The van der Waals surface area contributed by atoms with E-state index in [1.165, 1.54) is 11.1 Å². The number of rotatable bonds is 3. The standard InChI is InChI=1S/C19H19N3O2/c1-2-5-14-11-16(10-13(14)4-1)22-19(17-6-3-8-24-17)20-18(21-22)15-7-9-23-12-15/h1-6,8,15-16H,7,9-12H2/t15-/m0/s1. The van der Waals surface area contributed by atoms with Crippen LogP contribution >= 0.6 is 0 Å². The molecule has 0 spiro atoms. The summed E-state index contributed by atoms with van der Waals surface area (Å²) in [5.74, 6) is 2.79. The van der Waals surface area contributed by atoms with Crippen LogP contribution in [0, 0.1) is 0 Å². The van der Waals surface area contributed by atoms with Gasteiger partial charge in [0, 0.05) is 12.5 Å². The fourth-order valence-corrected chi connectivity index (χ4v) is 3.79. The lowest BCUT2D eigenvalue weighted by molar-refractivity contribution is 0.193. The van der Waals surface area contributed by atoms with E-state index in [1.807, 2.05) is 12.1 Å². The molecule has 5 nitrogen and oxygen atoms in total. The smallest absolute Gasteiger partial charge is 0.194 e. The third-order valence-corrected chi connectivity index (χ3v) is 5.06. The van der Waals surface area contributed by atoms with E-state index in [0.717, 1.165) is 43.3 Å². The summed E-state index contributed by atoms with van der Waals surface area (Å²) in [7, 11) is 0. The van der Waals surface area contributed by atoms with Gasteiger partial charge in [0.1, 0.15) is 0 Å². The Morgan fingerprint density at radius 3 is 2.54 bits per heavy atom. The molecule has 0 bridgehead atoms. The first-order chi connectivity index (χ1) is 11.9. The summed E-state index contributed by atoms with van der Waals surface area (Å²) in [4.78, 5) is 4.82. The van der Waals surface area contributed by atoms with Crippen LogP contribution in [0.1, 0.15) is 35.3 Å². The molecule has 3 heterocycles. The lowest BCUT2D eigenvalue weighted by atomic mass is 10.1. The van der Waals surface area contributed by atoms with E-state index in [0.29, 0.717) is 18.6 Å². The van der Waals surface area contributed by atoms with E-state index < -0.39 is 0 Å². The minimum Gasteiger partial charge on any atom is -0.461 e. The lowest BCUT2D eigenvalue weighted by Gasteiger charge is -2.11. The second-order valence-corrected chi connectivity index (χ2v) is 6.61. The second-order valence-electron chi connectivity index (χ2n) is 6.61. The zero-order valence-electron chi connectivity index (χ0n) is 13.4. The predicted octanol–water partition coefficient (Wildman–Crippen LogP) is 3.38. The van der Waals surface area contributed by atoms with Crippen LogP contribution in [0.3, 0.4) is 0 Å². The molecule has 2 aliphatic rings. The SMILES string of the molecule is c1coc(-c2nc([C@H]3CCOC3)nn2C2Cc3ccccc3C2)c1. The summed E-state index contributed by atoms with van der Waals surface area (Å²) in [5, 5.41) is 4.88. The molecule has 122 valence electrons. The van der Waals surface area contributed by atoms with Crippen LogP contribution in [0.25, 0.3) is 11.6 Å². The second kappa shape index (κ2) is 5.60. The van der Waals surface area contributed by atoms with E-state index in [1.54, 1.807) is 6.26 Å². The van der Waals surface area contributed by atoms with Crippen molar-refractivity contribution in [2.24, 2.45) is 0 Å². The maximum absolute atomic E-state index is 5.62. The zero-order chi connectivity index (χ0) is 15.9. The molecule has 1 aliphatic heterocycles. The molecule has 1 aliphatic carbocycles. The van der Waals surface area contributed by atoms with E-state index in [4.69, 9.17) is 19.2 Å². The molecule has 1 fully saturated rings. The molecule has 0 saturated carbocycles. The van der Waals surface area contributed by atoms with Crippen LogP contribution in [0.5, 0.6) is 0 Å². The molecular weight excluding hydrogens is 302 g/mol. The van der Waals surface area contributed by atoms with Crippen molar-refractivity contribution in [1.29, 1.82) is 0 Å². The fraction of sp³-hybridized carbons (Fsp3) is 0.368. The predicted molar refractivity (Wildman–Crippen MR) is 88.8 cm³/mol. The van der Waals surface area contributed by atoms with Crippen molar-refractivity contribution in [2.75, 3.05) is 13.2 Å². The van der Waals surface area contributed by atoms with Gasteiger partial charge in [-0.15, -0.1) is 0 Å². The van der Waals surface area contributed by atoms with Crippen LogP contribution in [-0.2, 0) is 17.6 Å². The van der Waals surface area contributed by atoms with Crippen molar-refractivity contribution in [2.45, 2.75) is 31.2 Å². The molecule has 2 aromatic heterocycles. The van der Waals surface area contributed by atoms with Crippen molar-refractivity contribution in [1.82, 2.24) is 14.8 Å². The average molecular weight is 321 g/mol. The summed E-state index contributed by atoms with van der Waals surface area (Å²) < 4.78 is 13.2. The van der Waals surface area contributed by atoms with Crippen LogP contribution in [0.15, 0.2) is 47.1 Å². The van der Waals surface area contributed by atoms with Gasteiger partial charge in [-0.05, 0) is 42.5 Å². The van der Waals surface area contributed by atoms with E-state index in [2.05, 4.69) is 28.9 Å². The van der Waals surface area contributed by atoms with E-state index in [9.17, 15) is 0 Å². The van der Waals surface area contributed by atoms with Crippen LogP contribution in [0.4, 0.5) is 0 Å². The van der Waals surface area contributed by atoms with Gasteiger partial charge in [-0.3, -0.25) is 0 Å². The third kappa shape index (κ3) is 2.27. The third-order valence-electron chi connectivity index (χ3n) is 5.06. The number of nitrogens with zero attached hydrogens (tertiary/aromatic N) is 3. The summed E-state index contributed by atoms with van der Waals surface area (Å²) in [5.41, 5.74) is 2.82. The molecule has 0 radical (unpaired) electrons. The molecule has 0 amide bonds. The van der Waals surface area contributed by atoms with E-state index >= 15 is 0 Å². The largest absolute Gasteiger partial charge is 0.461 e. The van der Waals surface area contributed by atoms with Gasteiger partial charge in [0.2, 0.25) is 0 Å². The van der Waals surface area contributed by atoms with Gasteiger partial charge in [-0.1, -0.05) is 24.3 Å². The van der Waals surface area contributed by atoms with Gasteiger partial charge >= 0.3 is 0 Å². The molecule has 1 saturated heterocycles. The Bertz CT molecular complexity index is 822. The Balaban J connectivity index is 1.55. The highest BCUT2D eigenvalue weighted by molar-refractivity contribution is 5.47. The van der Waals surface area contributed by atoms with Crippen LogP contribution < -0.4 is 0 Å². The van der Waals surface area contributed by atoms with Crippen molar-refractivity contribution in [3.8, 4) is 11.6 Å². The summed E-state index contributed by atoms with van der Waals surface area (Å²) in [6.07, 6.45) is 4.67. The summed E-state index contributed by atoms with van der Waals surface area (Å²) >= 11 is 0. The number of aromatic nitrogens is 3. The Labute approximate surface area is 140 Å². The monoisotopic (exact) mass is 321 g/mol. The summed E-state index contributed by atoms with van der Waals surface area (Å²) in [6.45, 7) is 1.51. The molecular formula is C19H19N3O2. The topological polar surface area (TPSA) is 53.1 Å². The van der Waals surface area contributed by atoms with Gasteiger partial charge in [-0.25, -0.2) is 9.67 Å².